The highest BCUT2D eigenvalue weighted by Crippen LogP contribution is 2.30. The van der Waals surface area contributed by atoms with Gasteiger partial charge < -0.3 is 5.73 Å². The first-order valence-electron chi connectivity index (χ1n) is 6.94. The maximum atomic E-state index is 13.8. The predicted octanol–water partition coefficient (Wildman–Crippen LogP) is 4.11. The van der Waals surface area contributed by atoms with E-state index >= 15 is 0 Å². The van der Waals surface area contributed by atoms with Crippen LogP contribution in [0.15, 0.2) is 53.0 Å². The lowest BCUT2D eigenvalue weighted by Gasteiger charge is -2.32. The average molecular weight is 351 g/mol. The summed E-state index contributed by atoms with van der Waals surface area (Å²) in [7, 11) is 1.97. The van der Waals surface area contributed by atoms with Crippen molar-refractivity contribution >= 4 is 15.9 Å². The van der Waals surface area contributed by atoms with Gasteiger partial charge in [-0.05, 0) is 31.7 Å². The van der Waals surface area contributed by atoms with E-state index in [4.69, 9.17) is 5.73 Å². The molecule has 0 spiro atoms. The summed E-state index contributed by atoms with van der Waals surface area (Å²) in [6.45, 7) is 2.49. The van der Waals surface area contributed by atoms with Crippen molar-refractivity contribution < 1.29 is 4.39 Å². The Bertz CT molecular complexity index is 601. The molecule has 4 heteroatoms. The van der Waals surface area contributed by atoms with Crippen LogP contribution in [0.3, 0.4) is 0 Å². The zero-order chi connectivity index (χ0) is 15.4. The summed E-state index contributed by atoms with van der Waals surface area (Å²) >= 11 is 3.58. The summed E-state index contributed by atoms with van der Waals surface area (Å²) in [6.07, 6.45) is 0. The number of hydrogen-bond acceptors (Lipinski definition) is 2. The molecule has 0 heterocycles. The maximum absolute atomic E-state index is 13.8. The Balaban J connectivity index is 2.27. The van der Waals surface area contributed by atoms with E-state index in [1.165, 1.54) is 6.07 Å². The van der Waals surface area contributed by atoms with Crippen molar-refractivity contribution in [2.75, 3.05) is 7.05 Å². The van der Waals surface area contributed by atoms with Gasteiger partial charge in [-0.3, -0.25) is 4.90 Å². The number of hydrogen-bond donors (Lipinski definition) is 1. The van der Waals surface area contributed by atoms with Crippen molar-refractivity contribution in [2.45, 2.75) is 25.6 Å². The molecule has 2 rings (SSSR count). The fraction of sp³-hybridized carbons (Fsp3) is 0.294. The van der Waals surface area contributed by atoms with E-state index in [9.17, 15) is 4.39 Å². The van der Waals surface area contributed by atoms with Crippen LogP contribution in [0.5, 0.6) is 0 Å². The van der Waals surface area contributed by atoms with Crippen LogP contribution < -0.4 is 5.73 Å². The second kappa shape index (κ2) is 7.16. The quantitative estimate of drug-likeness (QED) is 0.879. The molecule has 2 aromatic rings. The van der Waals surface area contributed by atoms with Gasteiger partial charge in [-0.1, -0.05) is 52.3 Å². The van der Waals surface area contributed by atoms with Gasteiger partial charge in [0, 0.05) is 22.6 Å². The summed E-state index contributed by atoms with van der Waals surface area (Å²) in [4.78, 5) is 2.09. The predicted molar refractivity (Wildman–Crippen MR) is 88.4 cm³/mol. The van der Waals surface area contributed by atoms with Gasteiger partial charge in [-0.2, -0.15) is 0 Å². The van der Waals surface area contributed by atoms with E-state index in [1.54, 1.807) is 6.07 Å². The molecule has 0 bridgehead atoms. The zero-order valence-electron chi connectivity index (χ0n) is 12.3. The Morgan fingerprint density at radius 3 is 2.38 bits per heavy atom. The number of halogens is 2. The molecule has 0 aliphatic rings. The van der Waals surface area contributed by atoms with E-state index in [2.05, 4.69) is 26.9 Å². The van der Waals surface area contributed by atoms with Crippen molar-refractivity contribution in [2.24, 2.45) is 5.73 Å². The molecule has 2 unspecified atom stereocenters. The highest BCUT2D eigenvalue weighted by Gasteiger charge is 2.23. The summed E-state index contributed by atoms with van der Waals surface area (Å²) in [5.41, 5.74) is 7.97. The van der Waals surface area contributed by atoms with Crippen molar-refractivity contribution in [3.05, 3.63) is 69.9 Å². The minimum Gasteiger partial charge on any atom is -0.326 e. The first kappa shape index (κ1) is 16.1. The topological polar surface area (TPSA) is 29.3 Å². The van der Waals surface area contributed by atoms with Gasteiger partial charge in [0.05, 0.1) is 6.04 Å². The van der Waals surface area contributed by atoms with Crippen LogP contribution in [-0.2, 0) is 6.54 Å². The van der Waals surface area contributed by atoms with Crippen LogP contribution >= 0.6 is 15.9 Å². The molecule has 0 radical (unpaired) electrons. The number of likely N-dealkylation sites (N-methyl/N-ethyl adjacent to an activating group) is 1. The van der Waals surface area contributed by atoms with Crippen LogP contribution in [0.2, 0.25) is 0 Å². The van der Waals surface area contributed by atoms with E-state index in [0.717, 1.165) is 10.0 Å². The Morgan fingerprint density at radius 2 is 1.76 bits per heavy atom. The summed E-state index contributed by atoms with van der Waals surface area (Å²) < 4.78 is 14.9. The molecular formula is C17H20BrFN2. The van der Waals surface area contributed by atoms with Crippen LogP contribution in [0, 0.1) is 5.82 Å². The Kier molecular flexibility index (Phi) is 5.51. The van der Waals surface area contributed by atoms with E-state index in [1.807, 2.05) is 44.3 Å². The molecule has 0 saturated heterocycles. The lowest BCUT2D eigenvalue weighted by atomic mass is 9.99. The van der Waals surface area contributed by atoms with Gasteiger partial charge in [0.25, 0.3) is 0 Å². The SMILES string of the molecule is CC(N)C(c1ccccc1Br)N(C)Cc1ccccc1F. The fourth-order valence-corrected chi connectivity index (χ4v) is 3.15. The van der Waals surface area contributed by atoms with Gasteiger partial charge in [0.15, 0.2) is 0 Å². The minimum absolute atomic E-state index is 0.0141. The van der Waals surface area contributed by atoms with Crippen LogP contribution in [0.4, 0.5) is 4.39 Å². The number of nitrogens with two attached hydrogens (primary N) is 1. The zero-order valence-corrected chi connectivity index (χ0v) is 13.8. The third-order valence-electron chi connectivity index (χ3n) is 3.57. The van der Waals surface area contributed by atoms with Gasteiger partial charge >= 0.3 is 0 Å². The van der Waals surface area contributed by atoms with E-state index in [-0.39, 0.29) is 17.9 Å². The third kappa shape index (κ3) is 3.90. The molecule has 0 aliphatic carbocycles. The lowest BCUT2D eigenvalue weighted by molar-refractivity contribution is 0.208. The van der Waals surface area contributed by atoms with Gasteiger partial charge in [0.2, 0.25) is 0 Å². The highest BCUT2D eigenvalue weighted by atomic mass is 79.9. The van der Waals surface area contributed by atoms with Crippen LogP contribution in [-0.4, -0.2) is 18.0 Å². The molecule has 2 N–H and O–H groups in total. The largest absolute Gasteiger partial charge is 0.326 e. The van der Waals surface area contributed by atoms with Gasteiger partial charge in [-0.15, -0.1) is 0 Å². The molecule has 0 amide bonds. The summed E-state index contributed by atoms with van der Waals surface area (Å²) in [5.74, 6) is -0.181. The van der Waals surface area contributed by atoms with Crippen molar-refractivity contribution in [3.63, 3.8) is 0 Å². The fourth-order valence-electron chi connectivity index (χ4n) is 2.63. The molecule has 112 valence electrons. The molecule has 21 heavy (non-hydrogen) atoms. The van der Waals surface area contributed by atoms with Crippen LogP contribution in [0.1, 0.15) is 24.1 Å². The van der Waals surface area contributed by atoms with E-state index in [0.29, 0.717) is 12.1 Å². The average Bonchev–Trinajstić information content (AvgIpc) is 2.43. The molecule has 0 fully saturated rings. The Labute approximate surface area is 133 Å². The molecule has 2 aromatic carbocycles. The Hall–Kier alpha value is -1.23. The number of benzene rings is 2. The number of rotatable bonds is 5. The Morgan fingerprint density at radius 1 is 1.14 bits per heavy atom. The van der Waals surface area contributed by atoms with Crippen molar-refractivity contribution in [3.8, 4) is 0 Å². The molecule has 2 atom stereocenters. The van der Waals surface area contributed by atoms with E-state index < -0.39 is 0 Å². The first-order chi connectivity index (χ1) is 10.0. The van der Waals surface area contributed by atoms with Crippen molar-refractivity contribution in [1.82, 2.24) is 4.90 Å². The maximum Gasteiger partial charge on any atom is 0.127 e. The monoisotopic (exact) mass is 350 g/mol. The second-order valence-corrected chi connectivity index (χ2v) is 6.19. The van der Waals surface area contributed by atoms with Gasteiger partial charge in [0.1, 0.15) is 5.82 Å². The summed E-state index contributed by atoms with van der Waals surface area (Å²) in [6, 6.07) is 14.8. The summed E-state index contributed by atoms with van der Waals surface area (Å²) in [5, 5.41) is 0. The van der Waals surface area contributed by atoms with Crippen molar-refractivity contribution in [1.29, 1.82) is 0 Å². The smallest absolute Gasteiger partial charge is 0.127 e. The standard InChI is InChI=1S/C17H20BrFN2/c1-12(20)17(14-8-4-5-9-15(14)18)21(2)11-13-7-3-6-10-16(13)19/h3-10,12,17H,11,20H2,1-2H3. The van der Waals surface area contributed by atoms with Gasteiger partial charge in [-0.25, -0.2) is 4.39 Å². The molecular weight excluding hydrogens is 331 g/mol. The minimum atomic E-state index is -0.181. The lowest BCUT2D eigenvalue weighted by Crippen LogP contribution is -2.37. The first-order valence-corrected chi connectivity index (χ1v) is 7.73. The highest BCUT2D eigenvalue weighted by molar-refractivity contribution is 9.10. The molecule has 0 aliphatic heterocycles. The molecule has 0 aromatic heterocycles. The van der Waals surface area contributed by atoms with Crippen LogP contribution in [0.25, 0.3) is 0 Å². The molecule has 0 saturated carbocycles. The second-order valence-electron chi connectivity index (χ2n) is 5.33. The molecule has 2 nitrogen and oxygen atoms in total. The normalized spacial score (nSPS) is 14.2. The number of nitrogens with zero attached hydrogens (tertiary/aromatic N) is 1. The third-order valence-corrected chi connectivity index (χ3v) is 4.30.